The molecule has 2 aromatic rings. The molecule has 6 nitrogen and oxygen atoms in total. The van der Waals surface area contributed by atoms with E-state index in [-0.39, 0.29) is 10.7 Å². The van der Waals surface area contributed by atoms with Gasteiger partial charge in [0.15, 0.2) is 10.7 Å². The Morgan fingerprint density at radius 1 is 1.26 bits per heavy atom. The number of pyridine rings is 1. The number of nitrogens with zero attached hydrogens (tertiary/aromatic N) is 2. The lowest BCUT2D eigenvalue weighted by molar-refractivity contribution is 0.0691. The number of aromatic carboxylic acids is 1. The summed E-state index contributed by atoms with van der Waals surface area (Å²) in [5, 5.41) is 12.8. The third-order valence-corrected chi connectivity index (χ3v) is 3.10. The van der Waals surface area contributed by atoms with E-state index in [1.54, 1.807) is 6.07 Å². The van der Waals surface area contributed by atoms with E-state index >= 15 is 0 Å². The van der Waals surface area contributed by atoms with Gasteiger partial charge in [0.2, 0.25) is 0 Å². The summed E-state index contributed by atoms with van der Waals surface area (Å²) >= 11 is 0.982. The summed E-state index contributed by atoms with van der Waals surface area (Å²) in [5.41, 5.74) is 1.64. The lowest BCUT2D eigenvalue weighted by Gasteiger charge is -2.04. The normalized spacial score (nSPS) is 10.2. The van der Waals surface area contributed by atoms with E-state index in [1.807, 2.05) is 19.9 Å². The predicted molar refractivity (Wildman–Crippen MR) is 70.7 cm³/mol. The van der Waals surface area contributed by atoms with Crippen molar-refractivity contribution in [3.8, 4) is 0 Å². The average molecular weight is 277 g/mol. The van der Waals surface area contributed by atoms with Crippen molar-refractivity contribution in [3.63, 3.8) is 0 Å². The maximum atomic E-state index is 11.9. The Kier molecular flexibility index (Phi) is 3.57. The van der Waals surface area contributed by atoms with Gasteiger partial charge in [-0.15, -0.1) is 11.3 Å². The van der Waals surface area contributed by atoms with Gasteiger partial charge in [-0.3, -0.25) is 4.79 Å². The highest BCUT2D eigenvalue weighted by atomic mass is 32.1. The van der Waals surface area contributed by atoms with E-state index in [2.05, 4.69) is 15.3 Å². The van der Waals surface area contributed by atoms with Gasteiger partial charge in [-0.1, -0.05) is 0 Å². The van der Waals surface area contributed by atoms with E-state index in [9.17, 15) is 9.59 Å². The van der Waals surface area contributed by atoms with Crippen LogP contribution in [0.5, 0.6) is 0 Å². The molecule has 0 bridgehead atoms. The Labute approximate surface area is 113 Å². The number of thiazole rings is 1. The first-order chi connectivity index (χ1) is 8.95. The van der Waals surface area contributed by atoms with Crippen LogP contribution >= 0.6 is 11.3 Å². The molecule has 98 valence electrons. The molecule has 2 aromatic heterocycles. The highest BCUT2D eigenvalue weighted by Crippen LogP contribution is 2.14. The zero-order valence-corrected chi connectivity index (χ0v) is 11.1. The number of aromatic nitrogens is 2. The van der Waals surface area contributed by atoms with Crippen LogP contribution in [0.3, 0.4) is 0 Å². The number of hydrogen-bond acceptors (Lipinski definition) is 5. The Balaban J connectivity index is 2.18. The number of carboxylic acid groups (broad SMARTS) is 1. The number of hydrogen-bond donors (Lipinski definition) is 2. The van der Waals surface area contributed by atoms with Crippen molar-refractivity contribution in [1.82, 2.24) is 9.97 Å². The summed E-state index contributed by atoms with van der Waals surface area (Å²) in [6, 6.07) is 3.62. The molecule has 2 heterocycles. The molecule has 0 aliphatic carbocycles. The monoisotopic (exact) mass is 277 g/mol. The van der Waals surface area contributed by atoms with Gasteiger partial charge in [0, 0.05) is 11.1 Å². The molecule has 2 N–H and O–H groups in total. The van der Waals surface area contributed by atoms with Crippen molar-refractivity contribution in [2.45, 2.75) is 13.8 Å². The number of aryl methyl sites for hydroxylation is 2. The van der Waals surface area contributed by atoms with Gasteiger partial charge in [-0.05, 0) is 31.5 Å². The van der Waals surface area contributed by atoms with Crippen molar-refractivity contribution in [2.24, 2.45) is 0 Å². The second-order valence-electron chi connectivity index (χ2n) is 3.97. The first-order valence-corrected chi connectivity index (χ1v) is 6.29. The van der Waals surface area contributed by atoms with E-state index in [4.69, 9.17) is 5.11 Å². The molecule has 0 spiro atoms. The first-order valence-electron chi connectivity index (χ1n) is 5.41. The molecule has 1 amide bonds. The van der Waals surface area contributed by atoms with Gasteiger partial charge < -0.3 is 10.4 Å². The molecular formula is C12H11N3O3S. The summed E-state index contributed by atoms with van der Waals surface area (Å²) in [6.07, 6.45) is 0. The van der Waals surface area contributed by atoms with Crippen LogP contribution < -0.4 is 5.32 Å². The third-order valence-electron chi connectivity index (χ3n) is 2.26. The molecule has 0 atom stereocenters. The molecule has 0 unspecified atom stereocenters. The van der Waals surface area contributed by atoms with Gasteiger partial charge in [-0.2, -0.15) is 0 Å². The fourth-order valence-electron chi connectivity index (χ4n) is 1.55. The first kappa shape index (κ1) is 13.2. The molecule has 0 aromatic carbocycles. The number of anilines is 1. The summed E-state index contributed by atoms with van der Waals surface area (Å²) in [6.45, 7) is 3.73. The van der Waals surface area contributed by atoms with Crippen LogP contribution in [0.1, 0.15) is 31.5 Å². The predicted octanol–water partition coefficient (Wildman–Crippen LogP) is 2.11. The number of nitrogens with one attached hydrogen (secondary N) is 1. The number of carboxylic acids is 1. The molecule has 0 saturated carbocycles. The standard InChI is InChI=1S/C12H11N3O3S/c1-6-3-7(2)13-9(4-6)15-10(16)11-14-8(5-19-11)12(17)18/h3-5H,1-2H3,(H,17,18)(H,13,15,16). The van der Waals surface area contributed by atoms with Gasteiger partial charge >= 0.3 is 5.97 Å². The smallest absolute Gasteiger partial charge is 0.355 e. The maximum Gasteiger partial charge on any atom is 0.355 e. The van der Waals surface area contributed by atoms with Gasteiger partial charge in [0.1, 0.15) is 5.82 Å². The molecule has 0 aliphatic heterocycles. The number of carbonyl (C=O) groups excluding carboxylic acids is 1. The van der Waals surface area contributed by atoms with Crippen LogP contribution in [0.4, 0.5) is 5.82 Å². The maximum absolute atomic E-state index is 11.9. The summed E-state index contributed by atoms with van der Waals surface area (Å²) in [4.78, 5) is 30.5. The van der Waals surface area contributed by atoms with Crippen LogP contribution in [0.25, 0.3) is 0 Å². The Morgan fingerprint density at radius 2 is 2.00 bits per heavy atom. The van der Waals surface area contributed by atoms with E-state index in [1.165, 1.54) is 5.38 Å². The second kappa shape index (κ2) is 5.15. The van der Waals surface area contributed by atoms with Crippen LogP contribution in [0, 0.1) is 13.8 Å². The lowest BCUT2D eigenvalue weighted by Crippen LogP contribution is -2.13. The molecule has 0 saturated heterocycles. The SMILES string of the molecule is Cc1cc(C)nc(NC(=O)c2nc(C(=O)O)cs2)c1. The average Bonchev–Trinajstić information content (AvgIpc) is 2.76. The molecule has 0 radical (unpaired) electrons. The summed E-state index contributed by atoms with van der Waals surface area (Å²) in [7, 11) is 0. The second-order valence-corrected chi connectivity index (χ2v) is 4.83. The Bertz CT molecular complexity index is 631. The van der Waals surface area contributed by atoms with Crippen LogP contribution in [-0.4, -0.2) is 27.0 Å². The molecule has 19 heavy (non-hydrogen) atoms. The quantitative estimate of drug-likeness (QED) is 0.896. The van der Waals surface area contributed by atoms with Crippen molar-refractivity contribution >= 4 is 29.0 Å². The Morgan fingerprint density at radius 3 is 2.58 bits per heavy atom. The van der Waals surface area contributed by atoms with Crippen molar-refractivity contribution < 1.29 is 14.7 Å². The topological polar surface area (TPSA) is 92.2 Å². The van der Waals surface area contributed by atoms with Crippen molar-refractivity contribution in [2.75, 3.05) is 5.32 Å². The fraction of sp³-hybridized carbons (Fsp3) is 0.167. The summed E-state index contributed by atoms with van der Waals surface area (Å²) in [5.74, 6) is -1.19. The minimum absolute atomic E-state index is 0.0957. The van der Waals surface area contributed by atoms with Crippen LogP contribution in [0.15, 0.2) is 17.5 Å². The molecule has 0 fully saturated rings. The molecule has 0 aliphatic rings. The number of amides is 1. The van der Waals surface area contributed by atoms with Gasteiger partial charge in [0.25, 0.3) is 5.91 Å². The van der Waals surface area contributed by atoms with E-state index in [0.717, 1.165) is 22.6 Å². The number of rotatable bonds is 3. The van der Waals surface area contributed by atoms with Crippen molar-refractivity contribution in [1.29, 1.82) is 0 Å². The molecule has 7 heteroatoms. The van der Waals surface area contributed by atoms with E-state index < -0.39 is 11.9 Å². The minimum atomic E-state index is -1.15. The van der Waals surface area contributed by atoms with Crippen molar-refractivity contribution in [3.05, 3.63) is 39.5 Å². The van der Waals surface area contributed by atoms with Crippen LogP contribution in [-0.2, 0) is 0 Å². The van der Waals surface area contributed by atoms with Gasteiger partial charge in [-0.25, -0.2) is 14.8 Å². The fourth-order valence-corrected chi connectivity index (χ4v) is 2.24. The highest BCUT2D eigenvalue weighted by molar-refractivity contribution is 7.12. The van der Waals surface area contributed by atoms with E-state index in [0.29, 0.717) is 5.82 Å². The Hall–Kier alpha value is -2.28. The minimum Gasteiger partial charge on any atom is -0.476 e. The molecule has 2 rings (SSSR count). The van der Waals surface area contributed by atoms with Crippen LogP contribution in [0.2, 0.25) is 0 Å². The third kappa shape index (κ3) is 3.14. The lowest BCUT2D eigenvalue weighted by atomic mass is 10.2. The van der Waals surface area contributed by atoms with Gasteiger partial charge in [0.05, 0.1) is 0 Å². The summed E-state index contributed by atoms with van der Waals surface area (Å²) < 4.78 is 0. The zero-order valence-electron chi connectivity index (χ0n) is 10.3. The zero-order chi connectivity index (χ0) is 14.0. The largest absolute Gasteiger partial charge is 0.476 e. The number of carbonyl (C=O) groups is 2. The highest BCUT2D eigenvalue weighted by Gasteiger charge is 2.15. The molecular weight excluding hydrogens is 266 g/mol.